The zero-order chi connectivity index (χ0) is 17.3. The SMILES string of the molecule is O=S(=O)(OCNc1cccc(Cl)c1C1CC1)c1ccc(Br)c(Cl)c1. The number of anilines is 1. The van der Waals surface area contributed by atoms with Crippen molar-refractivity contribution in [2.75, 3.05) is 12.0 Å². The number of halogens is 3. The minimum absolute atomic E-state index is 0.00557. The topological polar surface area (TPSA) is 55.4 Å². The van der Waals surface area contributed by atoms with Crippen molar-refractivity contribution in [3.05, 3.63) is 56.5 Å². The predicted octanol–water partition coefficient (Wildman–Crippen LogP) is 5.41. The molecule has 0 bridgehead atoms. The fourth-order valence-electron chi connectivity index (χ4n) is 2.36. The van der Waals surface area contributed by atoms with Gasteiger partial charge in [0.2, 0.25) is 0 Å². The summed E-state index contributed by atoms with van der Waals surface area (Å²) in [6, 6.07) is 9.86. The molecule has 1 N–H and O–H groups in total. The summed E-state index contributed by atoms with van der Waals surface area (Å²) in [6.07, 6.45) is 2.18. The van der Waals surface area contributed by atoms with E-state index in [1.807, 2.05) is 18.2 Å². The zero-order valence-electron chi connectivity index (χ0n) is 12.4. The number of hydrogen-bond donors (Lipinski definition) is 1. The lowest BCUT2D eigenvalue weighted by Crippen LogP contribution is -2.14. The molecule has 3 rings (SSSR count). The van der Waals surface area contributed by atoms with Crippen LogP contribution in [0.5, 0.6) is 0 Å². The van der Waals surface area contributed by atoms with Crippen LogP contribution in [0.15, 0.2) is 45.8 Å². The van der Waals surface area contributed by atoms with Gasteiger partial charge in [0.05, 0.1) is 9.92 Å². The van der Waals surface area contributed by atoms with Gasteiger partial charge >= 0.3 is 0 Å². The van der Waals surface area contributed by atoms with Gasteiger partial charge < -0.3 is 5.32 Å². The van der Waals surface area contributed by atoms with Gasteiger partial charge in [0.15, 0.2) is 0 Å². The van der Waals surface area contributed by atoms with E-state index in [0.717, 1.165) is 24.1 Å². The van der Waals surface area contributed by atoms with Gasteiger partial charge in [-0.3, -0.25) is 0 Å². The highest BCUT2D eigenvalue weighted by atomic mass is 79.9. The molecule has 0 aliphatic heterocycles. The fraction of sp³-hybridized carbons (Fsp3) is 0.250. The molecule has 1 saturated carbocycles. The summed E-state index contributed by atoms with van der Waals surface area (Å²) in [7, 11) is -3.90. The van der Waals surface area contributed by atoms with Crippen LogP contribution in [0.3, 0.4) is 0 Å². The first-order valence-corrected chi connectivity index (χ1v) is 10.2. The average molecular weight is 451 g/mol. The summed E-state index contributed by atoms with van der Waals surface area (Å²) in [6.45, 7) is -0.184. The summed E-state index contributed by atoms with van der Waals surface area (Å²) >= 11 is 15.4. The van der Waals surface area contributed by atoms with Crippen LogP contribution in [0.1, 0.15) is 24.3 Å². The lowest BCUT2D eigenvalue weighted by atomic mass is 10.1. The lowest BCUT2D eigenvalue weighted by Gasteiger charge is -2.13. The first-order valence-electron chi connectivity index (χ1n) is 7.25. The number of benzene rings is 2. The molecule has 0 atom stereocenters. The van der Waals surface area contributed by atoms with Gasteiger partial charge in [-0.15, -0.1) is 0 Å². The first kappa shape index (κ1) is 18.0. The van der Waals surface area contributed by atoms with Crippen LogP contribution in [-0.2, 0) is 14.3 Å². The highest BCUT2D eigenvalue weighted by molar-refractivity contribution is 9.10. The Bertz CT molecular complexity index is 870. The maximum atomic E-state index is 12.2. The van der Waals surface area contributed by atoms with E-state index < -0.39 is 10.1 Å². The van der Waals surface area contributed by atoms with Gasteiger partial charge in [-0.05, 0) is 70.6 Å². The van der Waals surface area contributed by atoms with Crippen LogP contribution >= 0.6 is 39.1 Å². The van der Waals surface area contributed by atoms with Crippen LogP contribution in [0.2, 0.25) is 10.0 Å². The van der Waals surface area contributed by atoms with Crippen LogP contribution < -0.4 is 5.32 Å². The Balaban J connectivity index is 1.70. The Morgan fingerprint density at radius 2 is 1.92 bits per heavy atom. The van der Waals surface area contributed by atoms with E-state index in [0.29, 0.717) is 20.4 Å². The maximum Gasteiger partial charge on any atom is 0.298 e. The van der Waals surface area contributed by atoms with Crippen molar-refractivity contribution in [3.8, 4) is 0 Å². The van der Waals surface area contributed by atoms with Gasteiger partial charge in [-0.25, -0.2) is 4.18 Å². The van der Waals surface area contributed by atoms with Crippen molar-refractivity contribution < 1.29 is 12.6 Å². The highest BCUT2D eigenvalue weighted by Gasteiger charge is 2.28. The summed E-state index contributed by atoms with van der Waals surface area (Å²) in [4.78, 5) is 0.00557. The van der Waals surface area contributed by atoms with Gasteiger partial charge in [-0.2, -0.15) is 8.42 Å². The Hall–Kier alpha value is -0.790. The van der Waals surface area contributed by atoms with E-state index in [1.54, 1.807) is 6.07 Å². The van der Waals surface area contributed by atoms with E-state index >= 15 is 0 Å². The molecule has 0 radical (unpaired) electrons. The van der Waals surface area contributed by atoms with E-state index in [2.05, 4.69) is 21.2 Å². The predicted molar refractivity (Wildman–Crippen MR) is 99.3 cm³/mol. The van der Waals surface area contributed by atoms with Crippen molar-refractivity contribution in [1.82, 2.24) is 0 Å². The number of hydrogen-bond acceptors (Lipinski definition) is 4. The van der Waals surface area contributed by atoms with Gasteiger partial charge in [-0.1, -0.05) is 29.3 Å². The summed E-state index contributed by atoms with van der Waals surface area (Å²) in [5.74, 6) is 0.433. The fourth-order valence-corrected chi connectivity index (χ4v) is 4.03. The highest BCUT2D eigenvalue weighted by Crippen LogP contribution is 2.46. The molecular formula is C16H14BrCl2NO3S. The molecular weight excluding hydrogens is 437 g/mol. The molecule has 24 heavy (non-hydrogen) atoms. The molecule has 1 aliphatic rings. The van der Waals surface area contributed by atoms with E-state index in [4.69, 9.17) is 27.4 Å². The molecule has 2 aromatic rings. The third kappa shape index (κ3) is 4.06. The second kappa shape index (κ2) is 7.22. The molecule has 1 fully saturated rings. The van der Waals surface area contributed by atoms with E-state index in [9.17, 15) is 8.42 Å². The molecule has 2 aromatic carbocycles. The second-order valence-corrected chi connectivity index (χ2v) is 8.73. The van der Waals surface area contributed by atoms with E-state index in [1.165, 1.54) is 12.1 Å². The van der Waals surface area contributed by atoms with Gasteiger partial charge in [0.25, 0.3) is 10.1 Å². The Morgan fingerprint density at radius 1 is 1.17 bits per heavy atom. The quantitative estimate of drug-likeness (QED) is 0.472. The average Bonchev–Trinajstić information content (AvgIpc) is 3.34. The zero-order valence-corrected chi connectivity index (χ0v) is 16.3. The van der Waals surface area contributed by atoms with Crippen LogP contribution in [0, 0.1) is 0 Å². The lowest BCUT2D eigenvalue weighted by molar-refractivity contribution is 0.343. The van der Waals surface area contributed by atoms with Crippen LogP contribution in [0.25, 0.3) is 0 Å². The van der Waals surface area contributed by atoms with E-state index in [-0.39, 0.29) is 11.6 Å². The Kier molecular flexibility index (Phi) is 5.42. The summed E-state index contributed by atoms with van der Waals surface area (Å²) in [5, 5.41) is 3.99. The second-order valence-electron chi connectivity index (χ2n) is 5.44. The Morgan fingerprint density at radius 3 is 2.58 bits per heavy atom. The Labute approximate surface area is 159 Å². The van der Waals surface area contributed by atoms with Gasteiger partial charge in [0.1, 0.15) is 6.73 Å². The minimum Gasteiger partial charge on any atom is -0.361 e. The molecule has 0 spiro atoms. The van der Waals surface area contributed by atoms with Crippen molar-refractivity contribution in [1.29, 1.82) is 0 Å². The van der Waals surface area contributed by atoms with Crippen molar-refractivity contribution in [2.24, 2.45) is 0 Å². The van der Waals surface area contributed by atoms with Crippen molar-refractivity contribution in [3.63, 3.8) is 0 Å². The third-order valence-electron chi connectivity index (χ3n) is 3.69. The molecule has 128 valence electrons. The molecule has 1 aliphatic carbocycles. The normalized spacial score (nSPS) is 14.6. The maximum absolute atomic E-state index is 12.2. The van der Waals surface area contributed by atoms with Crippen LogP contribution in [0.4, 0.5) is 5.69 Å². The van der Waals surface area contributed by atoms with Crippen molar-refractivity contribution >= 4 is 54.9 Å². The molecule has 0 amide bonds. The summed E-state index contributed by atoms with van der Waals surface area (Å²) < 4.78 is 30.1. The first-order chi connectivity index (χ1) is 11.4. The molecule has 8 heteroatoms. The monoisotopic (exact) mass is 449 g/mol. The molecule has 0 aromatic heterocycles. The molecule has 4 nitrogen and oxygen atoms in total. The van der Waals surface area contributed by atoms with Gasteiger partial charge in [0, 0.05) is 15.2 Å². The van der Waals surface area contributed by atoms with Crippen LogP contribution in [-0.4, -0.2) is 15.1 Å². The smallest absolute Gasteiger partial charge is 0.298 e. The molecule has 0 unspecified atom stereocenters. The van der Waals surface area contributed by atoms with Crippen molar-refractivity contribution in [2.45, 2.75) is 23.7 Å². The number of nitrogens with one attached hydrogen (secondary N) is 1. The molecule has 0 heterocycles. The standard InChI is InChI=1S/C16H14BrCl2NO3S/c17-12-7-6-11(8-14(12)19)24(21,22)23-9-20-15-3-1-2-13(18)16(15)10-4-5-10/h1-3,6-8,10,20H,4-5,9H2. The minimum atomic E-state index is -3.90. The number of rotatable bonds is 6. The largest absolute Gasteiger partial charge is 0.361 e. The molecule has 0 saturated heterocycles. The third-order valence-corrected chi connectivity index (χ3v) is 6.52. The summed E-state index contributed by atoms with van der Waals surface area (Å²) in [5.41, 5.74) is 1.82.